The Kier molecular flexibility index (Phi) is 4.73. The summed E-state index contributed by atoms with van der Waals surface area (Å²) in [6.07, 6.45) is 0.860. The van der Waals surface area contributed by atoms with Crippen LogP contribution in [0, 0.1) is 0 Å². The second-order valence-corrected chi connectivity index (χ2v) is 6.60. The summed E-state index contributed by atoms with van der Waals surface area (Å²) >= 11 is 1.41. The molecule has 0 bridgehead atoms. The molecule has 23 heavy (non-hydrogen) atoms. The number of carbonyl (C=O) groups is 2. The molecule has 2 heterocycles. The van der Waals surface area contributed by atoms with E-state index in [-0.39, 0.29) is 17.9 Å². The lowest BCUT2D eigenvalue weighted by Gasteiger charge is -2.16. The maximum absolute atomic E-state index is 12.3. The van der Waals surface area contributed by atoms with Crippen LogP contribution < -0.4 is 11.1 Å². The highest BCUT2D eigenvalue weighted by Crippen LogP contribution is 2.14. The van der Waals surface area contributed by atoms with Crippen LogP contribution in [0.4, 0.5) is 0 Å². The molecule has 120 valence electrons. The maximum atomic E-state index is 12.3. The molecule has 0 spiro atoms. The average Bonchev–Trinajstić information content (AvgIpc) is 3.24. The maximum Gasteiger partial charge on any atom is 0.261 e. The number of benzene rings is 1. The quantitative estimate of drug-likeness (QED) is 0.899. The number of rotatable bonds is 4. The molecule has 0 unspecified atom stereocenters. The third-order valence-corrected chi connectivity index (χ3v) is 4.78. The van der Waals surface area contributed by atoms with Crippen LogP contribution in [0.5, 0.6) is 0 Å². The van der Waals surface area contributed by atoms with Crippen LogP contribution in [0.15, 0.2) is 41.8 Å². The van der Waals surface area contributed by atoms with Gasteiger partial charge in [0.1, 0.15) is 0 Å². The number of nitrogens with one attached hydrogen (secondary N) is 1. The fourth-order valence-corrected chi connectivity index (χ4v) is 3.24. The summed E-state index contributed by atoms with van der Waals surface area (Å²) in [5, 5.41) is 4.75. The summed E-state index contributed by atoms with van der Waals surface area (Å²) in [5.41, 5.74) is 7.46. The largest absolute Gasteiger partial charge is 0.347 e. The van der Waals surface area contributed by atoms with Crippen molar-refractivity contribution < 1.29 is 9.59 Å². The second-order valence-electron chi connectivity index (χ2n) is 5.66. The zero-order chi connectivity index (χ0) is 16.2. The molecule has 0 aliphatic carbocycles. The van der Waals surface area contributed by atoms with Crippen molar-refractivity contribution in [1.29, 1.82) is 0 Å². The molecular weight excluding hydrogens is 310 g/mol. The molecule has 2 aromatic rings. The standard InChI is InChI=1S/C17H19N3O2S/c18-14-7-8-20(11-14)17(22)13-5-3-12(4-6-13)10-19-16(21)15-2-1-9-23-15/h1-6,9,14H,7-8,10-11,18H2,(H,19,21)/t14-/m1/s1. The molecule has 6 heteroatoms. The second kappa shape index (κ2) is 6.93. The van der Waals surface area contributed by atoms with Crippen LogP contribution in [-0.2, 0) is 6.54 Å². The molecule has 1 saturated heterocycles. The molecule has 1 aromatic carbocycles. The number of amides is 2. The van der Waals surface area contributed by atoms with E-state index in [0.29, 0.717) is 23.5 Å². The van der Waals surface area contributed by atoms with E-state index in [4.69, 9.17) is 5.73 Å². The topological polar surface area (TPSA) is 75.4 Å². The zero-order valence-electron chi connectivity index (χ0n) is 12.7. The lowest BCUT2D eigenvalue weighted by atomic mass is 10.1. The first-order valence-corrected chi connectivity index (χ1v) is 8.47. The van der Waals surface area contributed by atoms with Gasteiger partial charge in [0, 0.05) is 31.2 Å². The van der Waals surface area contributed by atoms with Gasteiger partial charge < -0.3 is 16.0 Å². The van der Waals surface area contributed by atoms with Crippen molar-refractivity contribution >= 4 is 23.2 Å². The van der Waals surface area contributed by atoms with Gasteiger partial charge in [0.05, 0.1) is 4.88 Å². The van der Waals surface area contributed by atoms with Crippen molar-refractivity contribution in [3.63, 3.8) is 0 Å². The molecule has 0 radical (unpaired) electrons. The van der Waals surface area contributed by atoms with Crippen LogP contribution in [0.1, 0.15) is 32.0 Å². The first kappa shape index (κ1) is 15.7. The van der Waals surface area contributed by atoms with E-state index in [1.807, 2.05) is 23.6 Å². The van der Waals surface area contributed by atoms with Gasteiger partial charge in [-0.05, 0) is 35.6 Å². The van der Waals surface area contributed by atoms with Crippen molar-refractivity contribution in [2.45, 2.75) is 19.0 Å². The Morgan fingerprint density at radius 2 is 2.04 bits per heavy atom. The Labute approximate surface area is 139 Å². The number of thiophene rings is 1. The molecule has 5 nitrogen and oxygen atoms in total. The molecule has 1 atom stereocenters. The highest BCUT2D eigenvalue weighted by Gasteiger charge is 2.24. The molecule has 1 fully saturated rings. The van der Waals surface area contributed by atoms with Gasteiger partial charge in [-0.1, -0.05) is 18.2 Å². The van der Waals surface area contributed by atoms with Crippen LogP contribution >= 0.6 is 11.3 Å². The number of nitrogens with zero attached hydrogens (tertiary/aromatic N) is 1. The fraction of sp³-hybridized carbons (Fsp3) is 0.294. The summed E-state index contributed by atoms with van der Waals surface area (Å²) in [7, 11) is 0. The van der Waals surface area contributed by atoms with Gasteiger partial charge in [0.15, 0.2) is 0 Å². The van der Waals surface area contributed by atoms with Crippen LogP contribution in [0.2, 0.25) is 0 Å². The Bertz CT molecular complexity index is 682. The van der Waals surface area contributed by atoms with Crippen molar-refractivity contribution in [2.75, 3.05) is 13.1 Å². The summed E-state index contributed by atoms with van der Waals surface area (Å²) in [5.74, 6) is -0.0571. The van der Waals surface area contributed by atoms with Crippen LogP contribution in [0.3, 0.4) is 0 Å². The number of hydrogen-bond donors (Lipinski definition) is 2. The van der Waals surface area contributed by atoms with E-state index >= 15 is 0 Å². The van der Waals surface area contributed by atoms with Gasteiger partial charge in [0.25, 0.3) is 11.8 Å². The SMILES string of the molecule is N[C@@H]1CCN(C(=O)c2ccc(CNC(=O)c3cccs3)cc2)C1. The molecule has 0 saturated carbocycles. The van der Waals surface area contributed by atoms with Crippen LogP contribution in [0.25, 0.3) is 0 Å². The summed E-state index contributed by atoms with van der Waals surface area (Å²) < 4.78 is 0. The lowest BCUT2D eigenvalue weighted by molar-refractivity contribution is 0.0790. The molecule has 3 rings (SSSR count). The minimum atomic E-state index is -0.0776. The number of likely N-dealkylation sites (tertiary alicyclic amines) is 1. The minimum Gasteiger partial charge on any atom is -0.347 e. The number of hydrogen-bond acceptors (Lipinski definition) is 4. The zero-order valence-corrected chi connectivity index (χ0v) is 13.5. The van der Waals surface area contributed by atoms with E-state index in [9.17, 15) is 9.59 Å². The number of nitrogens with two attached hydrogens (primary N) is 1. The summed E-state index contributed by atoms with van der Waals surface area (Å²) in [6.45, 7) is 1.79. The Balaban J connectivity index is 1.57. The molecular formula is C17H19N3O2S. The molecule has 2 amide bonds. The van der Waals surface area contributed by atoms with Crippen molar-refractivity contribution in [3.8, 4) is 0 Å². The van der Waals surface area contributed by atoms with Crippen molar-refractivity contribution in [3.05, 3.63) is 57.8 Å². The highest BCUT2D eigenvalue weighted by atomic mass is 32.1. The lowest BCUT2D eigenvalue weighted by Crippen LogP contribution is -2.31. The Morgan fingerprint density at radius 1 is 1.26 bits per heavy atom. The van der Waals surface area contributed by atoms with Crippen LogP contribution in [-0.4, -0.2) is 35.8 Å². The predicted molar refractivity (Wildman–Crippen MR) is 90.4 cm³/mol. The normalized spacial score (nSPS) is 17.3. The third-order valence-electron chi connectivity index (χ3n) is 3.91. The van der Waals surface area contributed by atoms with Crippen molar-refractivity contribution in [2.24, 2.45) is 5.73 Å². The van der Waals surface area contributed by atoms with Gasteiger partial charge >= 0.3 is 0 Å². The van der Waals surface area contributed by atoms with E-state index in [1.54, 1.807) is 23.1 Å². The third kappa shape index (κ3) is 3.78. The van der Waals surface area contributed by atoms with E-state index in [1.165, 1.54) is 11.3 Å². The van der Waals surface area contributed by atoms with Gasteiger partial charge in [-0.2, -0.15) is 0 Å². The fourth-order valence-electron chi connectivity index (χ4n) is 2.60. The first-order chi connectivity index (χ1) is 11.1. The smallest absolute Gasteiger partial charge is 0.261 e. The van der Waals surface area contributed by atoms with E-state index in [2.05, 4.69) is 5.32 Å². The van der Waals surface area contributed by atoms with Crippen molar-refractivity contribution in [1.82, 2.24) is 10.2 Å². The van der Waals surface area contributed by atoms with Gasteiger partial charge in [-0.25, -0.2) is 0 Å². The summed E-state index contributed by atoms with van der Waals surface area (Å²) in [4.78, 5) is 26.7. The number of carbonyl (C=O) groups excluding carboxylic acids is 2. The van der Waals surface area contributed by atoms with Gasteiger partial charge in [-0.15, -0.1) is 11.3 Å². The average molecular weight is 329 g/mol. The first-order valence-electron chi connectivity index (χ1n) is 7.59. The minimum absolute atomic E-state index is 0.0205. The summed E-state index contributed by atoms with van der Waals surface area (Å²) in [6, 6.07) is 11.1. The predicted octanol–water partition coefficient (Wildman–Crippen LogP) is 1.85. The Morgan fingerprint density at radius 3 is 2.65 bits per heavy atom. The van der Waals surface area contributed by atoms with E-state index in [0.717, 1.165) is 18.5 Å². The highest BCUT2D eigenvalue weighted by molar-refractivity contribution is 7.12. The molecule has 1 aromatic heterocycles. The monoisotopic (exact) mass is 329 g/mol. The Hall–Kier alpha value is -2.18. The molecule has 1 aliphatic rings. The molecule has 1 aliphatic heterocycles. The molecule has 3 N–H and O–H groups in total. The van der Waals surface area contributed by atoms with E-state index < -0.39 is 0 Å². The van der Waals surface area contributed by atoms with Gasteiger partial charge in [0.2, 0.25) is 0 Å². The van der Waals surface area contributed by atoms with Gasteiger partial charge in [-0.3, -0.25) is 9.59 Å².